The Morgan fingerprint density at radius 3 is 1.35 bits per heavy atom. The van der Waals surface area contributed by atoms with Gasteiger partial charge in [0.25, 0.3) is 0 Å². The van der Waals surface area contributed by atoms with E-state index in [-0.39, 0.29) is 0 Å². The molecule has 0 unspecified atom stereocenters. The molecule has 0 radical (unpaired) electrons. The van der Waals surface area contributed by atoms with E-state index in [0.29, 0.717) is 17.5 Å². The predicted octanol–water partition coefficient (Wildman–Crippen LogP) is 12.7. The second kappa shape index (κ2) is 13.4. The van der Waals surface area contributed by atoms with E-state index in [2.05, 4.69) is 182 Å². The molecule has 252 valence electrons. The molecule has 2 heterocycles. The van der Waals surface area contributed by atoms with Crippen LogP contribution in [0.1, 0.15) is 0 Å². The van der Waals surface area contributed by atoms with E-state index < -0.39 is 0 Å². The average Bonchev–Trinajstić information content (AvgIpc) is 3.26. The van der Waals surface area contributed by atoms with Crippen molar-refractivity contribution in [2.24, 2.45) is 0 Å². The summed E-state index contributed by atoms with van der Waals surface area (Å²) in [5.74, 6) is 1.84. The van der Waals surface area contributed by atoms with Gasteiger partial charge in [-0.2, -0.15) is 0 Å². The fraction of sp³-hybridized carbons (Fsp3) is 0. The first kappa shape index (κ1) is 31.4. The van der Waals surface area contributed by atoms with E-state index in [0.717, 1.165) is 55.4 Å². The molecular formula is C50H32N4. The summed E-state index contributed by atoms with van der Waals surface area (Å²) in [6, 6.07) is 67.5. The van der Waals surface area contributed by atoms with Crippen molar-refractivity contribution in [2.45, 2.75) is 0 Å². The zero-order valence-electron chi connectivity index (χ0n) is 29.3. The van der Waals surface area contributed by atoms with E-state index in [1.807, 2.05) is 12.1 Å². The number of pyridine rings is 1. The first-order valence-electron chi connectivity index (χ1n) is 18.1. The van der Waals surface area contributed by atoms with Gasteiger partial charge in [-0.1, -0.05) is 182 Å². The van der Waals surface area contributed by atoms with Gasteiger partial charge in [-0.15, -0.1) is 0 Å². The molecule has 0 atom stereocenters. The normalized spacial score (nSPS) is 11.3. The lowest BCUT2D eigenvalue weighted by Gasteiger charge is -2.14. The summed E-state index contributed by atoms with van der Waals surface area (Å²) in [6.45, 7) is 0. The molecule has 0 aliphatic rings. The fourth-order valence-corrected chi connectivity index (χ4v) is 7.39. The molecule has 0 saturated heterocycles. The molecule has 4 heteroatoms. The molecule has 0 bridgehead atoms. The average molecular weight is 689 g/mol. The molecule has 0 fully saturated rings. The van der Waals surface area contributed by atoms with Gasteiger partial charge in [-0.3, -0.25) is 0 Å². The highest BCUT2D eigenvalue weighted by Gasteiger charge is 2.17. The van der Waals surface area contributed by atoms with Gasteiger partial charge in [-0.05, 0) is 50.5 Å². The van der Waals surface area contributed by atoms with E-state index in [9.17, 15) is 0 Å². The maximum absolute atomic E-state index is 5.30. The Hall–Kier alpha value is -7.30. The first-order chi connectivity index (χ1) is 26.7. The van der Waals surface area contributed by atoms with Crippen LogP contribution in [0.5, 0.6) is 0 Å². The standard InChI is InChI=1S/C50H32N4/c1-3-12-33(13-4-1)35-22-26-38(27-23-35)48-52-49(39-28-24-36(25-29-39)34-14-5-2-6-15-34)54-50(53-48)41-18-11-17-40(32-41)47-46-42-19-8-7-16-37(42)30-31-44(46)43-20-9-10-21-45(43)51-47/h1-32H. The molecule has 4 nitrogen and oxygen atoms in total. The Kier molecular flexibility index (Phi) is 7.77. The Bertz CT molecular complexity index is 2860. The van der Waals surface area contributed by atoms with Gasteiger partial charge in [0.1, 0.15) is 0 Å². The minimum Gasteiger partial charge on any atom is -0.247 e. The fourth-order valence-electron chi connectivity index (χ4n) is 7.39. The number of para-hydroxylation sites is 1. The largest absolute Gasteiger partial charge is 0.247 e. The van der Waals surface area contributed by atoms with Crippen LogP contribution in [0.15, 0.2) is 194 Å². The number of rotatable bonds is 6. The Balaban J connectivity index is 1.13. The summed E-state index contributed by atoms with van der Waals surface area (Å²) < 4.78 is 0. The molecule has 0 saturated carbocycles. The zero-order valence-corrected chi connectivity index (χ0v) is 29.3. The van der Waals surface area contributed by atoms with E-state index in [1.54, 1.807) is 0 Å². The highest BCUT2D eigenvalue weighted by Crippen LogP contribution is 2.38. The predicted molar refractivity (Wildman–Crippen MR) is 223 cm³/mol. The van der Waals surface area contributed by atoms with Gasteiger partial charge in [0.05, 0.1) is 11.2 Å². The van der Waals surface area contributed by atoms with Gasteiger partial charge >= 0.3 is 0 Å². The van der Waals surface area contributed by atoms with Crippen LogP contribution >= 0.6 is 0 Å². The third kappa shape index (κ3) is 5.76. The van der Waals surface area contributed by atoms with Crippen molar-refractivity contribution in [1.82, 2.24) is 19.9 Å². The van der Waals surface area contributed by atoms with Crippen molar-refractivity contribution in [1.29, 1.82) is 0 Å². The van der Waals surface area contributed by atoms with Gasteiger partial charge in [0.15, 0.2) is 17.5 Å². The molecule has 8 aromatic carbocycles. The molecule has 0 aliphatic heterocycles. The summed E-state index contributed by atoms with van der Waals surface area (Å²) in [5, 5.41) is 5.82. The van der Waals surface area contributed by atoms with Crippen molar-refractivity contribution in [3.05, 3.63) is 194 Å². The third-order valence-corrected chi connectivity index (χ3v) is 10.1. The molecule has 10 aromatic rings. The number of benzene rings is 8. The second-order valence-corrected chi connectivity index (χ2v) is 13.5. The Morgan fingerprint density at radius 1 is 0.259 bits per heavy atom. The van der Waals surface area contributed by atoms with Crippen LogP contribution < -0.4 is 0 Å². The molecular weight excluding hydrogens is 657 g/mol. The van der Waals surface area contributed by atoms with Crippen LogP contribution in [0.3, 0.4) is 0 Å². The molecule has 54 heavy (non-hydrogen) atoms. The second-order valence-electron chi connectivity index (χ2n) is 13.5. The van der Waals surface area contributed by atoms with Crippen molar-refractivity contribution in [2.75, 3.05) is 0 Å². The van der Waals surface area contributed by atoms with Gasteiger partial charge in [0.2, 0.25) is 0 Å². The summed E-state index contributed by atoms with van der Waals surface area (Å²) >= 11 is 0. The van der Waals surface area contributed by atoms with E-state index in [4.69, 9.17) is 19.9 Å². The maximum Gasteiger partial charge on any atom is 0.164 e. The van der Waals surface area contributed by atoms with Gasteiger partial charge < -0.3 is 0 Å². The Morgan fingerprint density at radius 2 is 0.722 bits per heavy atom. The van der Waals surface area contributed by atoms with Crippen molar-refractivity contribution < 1.29 is 0 Å². The summed E-state index contributed by atoms with van der Waals surface area (Å²) in [5.41, 5.74) is 10.2. The zero-order chi connectivity index (χ0) is 35.8. The quantitative estimate of drug-likeness (QED) is 0.163. The van der Waals surface area contributed by atoms with E-state index >= 15 is 0 Å². The lowest BCUT2D eigenvalue weighted by Crippen LogP contribution is -2.00. The minimum absolute atomic E-state index is 0.603. The summed E-state index contributed by atoms with van der Waals surface area (Å²) in [4.78, 5) is 20.6. The minimum atomic E-state index is 0.603. The number of hydrogen-bond acceptors (Lipinski definition) is 4. The molecule has 0 N–H and O–H groups in total. The summed E-state index contributed by atoms with van der Waals surface area (Å²) in [6.07, 6.45) is 0. The van der Waals surface area contributed by atoms with Crippen LogP contribution in [0.25, 0.3) is 100 Å². The van der Waals surface area contributed by atoms with E-state index in [1.165, 1.54) is 27.3 Å². The SMILES string of the molecule is c1ccc(-c2ccc(-c3nc(-c4ccc(-c5ccccc5)cc4)nc(-c4cccc(-c5nc6ccccc6c6ccc7ccccc7c56)c4)n3)cc2)cc1. The van der Waals surface area contributed by atoms with Crippen LogP contribution in [0, 0.1) is 0 Å². The van der Waals surface area contributed by atoms with Crippen LogP contribution in [-0.2, 0) is 0 Å². The molecule has 10 rings (SSSR count). The smallest absolute Gasteiger partial charge is 0.164 e. The van der Waals surface area contributed by atoms with Crippen molar-refractivity contribution in [3.8, 4) is 67.7 Å². The topological polar surface area (TPSA) is 51.6 Å². The number of nitrogens with zero attached hydrogens (tertiary/aromatic N) is 4. The first-order valence-corrected chi connectivity index (χ1v) is 18.1. The van der Waals surface area contributed by atoms with Crippen molar-refractivity contribution >= 4 is 32.4 Å². The monoisotopic (exact) mass is 688 g/mol. The number of fused-ring (bicyclic) bond motifs is 5. The highest BCUT2D eigenvalue weighted by molar-refractivity contribution is 6.21. The molecule has 0 amide bonds. The van der Waals surface area contributed by atoms with Gasteiger partial charge in [0, 0.05) is 33.0 Å². The Labute approximate surface area is 313 Å². The number of hydrogen-bond donors (Lipinski definition) is 0. The third-order valence-electron chi connectivity index (χ3n) is 10.1. The summed E-state index contributed by atoms with van der Waals surface area (Å²) in [7, 11) is 0. The molecule has 0 spiro atoms. The number of aromatic nitrogens is 4. The lowest BCUT2D eigenvalue weighted by molar-refractivity contribution is 1.07. The van der Waals surface area contributed by atoms with Crippen molar-refractivity contribution in [3.63, 3.8) is 0 Å². The molecule has 0 aliphatic carbocycles. The lowest BCUT2D eigenvalue weighted by atomic mass is 9.94. The highest BCUT2D eigenvalue weighted by atomic mass is 15.0. The maximum atomic E-state index is 5.30. The van der Waals surface area contributed by atoms with Crippen LogP contribution in [0.4, 0.5) is 0 Å². The molecule has 2 aromatic heterocycles. The van der Waals surface area contributed by atoms with Gasteiger partial charge in [-0.25, -0.2) is 19.9 Å². The van der Waals surface area contributed by atoms with Crippen LogP contribution in [-0.4, -0.2) is 19.9 Å². The van der Waals surface area contributed by atoms with Crippen LogP contribution in [0.2, 0.25) is 0 Å².